The highest BCUT2D eigenvalue weighted by atomic mass is 35.5. The molecule has 0 unspecified atom stereocenters. The topological polar surface area (TPSA) is 68.4 Å². The van der Waals surface area contributed by atoms with Crippen molar-refractivity contribution in [1.82, 2.24) is 29.4 Å². The number of carbonyl (C=O) groups excluding carboxylic acids is 1. The van der Waals surface area contributed by atoms with Crippen molar-refractivity contribution in [2.45, 2.75) is 40.6 Å². The highest BCUT2D eigenvalue weighted by molar-refractivity contribution is 6.30. The van der Waals surface area contributed by atoms with Gasteiger partial charge in [0.15, 0.2) is 12.4 Å². The van der Waals surface area contributed by atoms with Gasteiger partial charge in [-0.05, 0) is 50.6 Å². The van der Waals surface area contributed by atoms with Crippen LogP contribution in [0.1, 0.15) is 34.2 Å². The Hall–Kier alpha value is -2.84. The second-order valence-electron chi connectivity index (χ2n) is 8.09. The van der Waals surface area contributed by atoms with Gasteiger partial charge in [0.2, 0.25) is 0 Å². The van der Waals surface area contributed by atoms with Crippen molar-refractivity contribution in [3.8, 4) is 5.75 Å². The van der Waals surface area contributed by atoms with Crippen LogP contribution in [0.4, 0.5) is 0 Å². The van der Waals surface area contributed by atoms with E-state index < -0.39 is 0 Å². The van der Waals surface area contributed by atoms with Crippen LogP contribution in [-0.2, 0) is 19.8 Å². The molecular weight excluding hydrogens is 428 g/mol. The molecular formula is C23H29ClN6O2. The lowest BCUT2D eigenvalue weighted by atomic mass is 10.2. The van der Waals surface area contributed by atoms with Crippen molar-refractivity contribution in [3.05, 3.63) is 64.2 Å². The zero-order valence-electron chi connectivity index (χ0n) is 18.8. The third-order valence-corrected chi connectivity index (χ3v) is 6.01. The number of ether oxygens (including phenoxy) is 1. The molecule has 4 rings (SSSR count). The first-order valence-electron chi connectivity index (χ1n) is 10.9. The second-order valence-corrected chi connectivity index (χ2v) is 8.52. The summed E-state index contributed by atoms with van der Waals surface area (Å²) in [5.74, 6) is 0.703. The lowest BCUT2D eigenvalue weighted by molar-refractivity contribution is 0.0620. The Morgan fingerprint density at radius 1 is 1.09 bits per heavy atom. The minimum absolute atomic E-state index is 0.0407. The number of nitrogens with zero attached hydrogens (tertiary/aromatic N) is 6. The van der Waals surface area contributed by atoms with Crippen molar-refractivity contribution in [2.24, 2.45) is 0 Å². The normalized spacial score (nSPS) is 14.7. The Kier molecular flexibility index (Phi) is 6.81. The maximum absolute atomic E-state index is 12.9. The van der Waals surface area contributed by atoms with Crippen molar-refractivity contribution in [2.75, 3.05) is 26.2 Å². The van der Waals surface area contributed by atoms with Gasteiger partial charge in [0.1, 0.15) is 5.75 Å². The lowest BCUT2D eigenvalue weighted by Gasteiger charge is -2.34. The molecule has 3 aromatic rings. The number of hydrogen-bond donors (Lipinski definition) is 0. The minimum Gasteiger partial charge on any atom is -0.471 e. The number of aryl methyl sites for hydroxylation is 3. The molecule has 0 spiro atoms. The van der Waals surface area contributed by atoms with Gasteiger partial charge in [0, 0.05) is 62.2 Å². The van der Waals surface area contributed by atoms with Crippen molar-refractivity contribution in [1.29, 1.82) is 0 Å². The van der Waals surface area contributed by atoms with E-state index in [1.807, 2.05) is 28.6 Å². The summed E-state index contributed by atoms with van der Waals surface area (Å²) in [5.41, 5.74) is 3.72. The smallest absolute Gasteiger partial charge is 0.274 e. The molecule has 8 nitrogen and oxygen atoms in total. The maximum Gasteiger partial charge on any atom is 0.274 e. The third-order valence-electron chi connectivity index (χ3n) is 5.77. The Bertz CT molecular complexity index is 1080. The molecule has 1 aliphatic heterocycles. The van der Waals surface area contributed by atoms with Crippen molar-refractivity contribution in [3.63, 3.8) is 0 Å². The molecule has 0 bridgehead atoms. The third kappa shape index (κ3) is 5.14. The number of carbonyl (C=O) groups is 1. The average Bonchev–Trinajstić information content (AvgIpc) is 3.40. The molecule has 1 amide bonds. The number of hydrogen-bond acceptors (Lipinski definition) is 5. The predicted molar refractivity (Wildman–Crippen MR) is 123 cm³/mol. The van der Waals surface area contributed by atoms with Crippen LogP contribution < -0.4 is 4.74 Å². The SMILES string of the molecule is CCn1cc(CN2CCN(C(=O)c3ccn(COc4ccc(Cl)cc4C)n3)CC2)c(C)n1. The number of rotatable bonds is 7. The maximum atomic E-state index is 12.9. The van der Waals surface area contributed by atoms with E-state index in [0.717, 1.165) is 43.2 Å². The minimum atomic E-state index is -0.0407. The van der Waals surface area contributed by atoms with E-state index in [-0.39, 0.29) is 12.6 Å². The molecule has 1 aromatic carbocycles. The summed E-state index contributed by atoms with van der Waals surface area (Å²) in [6, 6.07) is 7.22. The largest absolute Gasteiger partial charge is 0.471 e. The Morgan fingerprint density at radius 2 is 1.88 bits per heavy atom. The quantitative estimate of drug-likeness (QED) is 0.545. The van der Waals surface area contributed by atoms with Crippen LogP contribution in [0.2, 0.25) is 5.02 Å². The van der Waals surface area contributed by atoms with E-state index in [2.05, 4.69) is 35.1 Å². The summed E-state index contributed by atoms with van der Waals surface area (Å²) in [4.78, 5) is 17.1. The van der Waals surface area contributed by atoms with E-state index in [9.17, 15) is 4.79 Å². The number of aromatic nitrogens is 4. The standard InChI is InChI=1S/C23H29ClN6O2/c1-4-29-15-19(18(3)25-29)14-27-9-11-28(12-10-27)23(31)21-7-8-30(26-21)16-32-22-6-5-20(24)13-17(22)2/h5-8,13,15H,4,9-12,14,16H2,1-3H3. The molecule has 1 fully saturated rings. The average molecular weight is 457 g/mol. The number of amides is 1. The first kappa shape index (κ1) is 22.4. The number of benzene rings is 1. The summed E-state index contributed by atoms with van der Waals surface area (Å²) in [7, 11) is 0. The number of halogens is 1. The van der Waals surface area contributed by atoms with Crippen LogP contribution in [0, 0.1) is 13.8 Å². The number of piperazine rings is 1. The van der Waals surface area contributed by atoms with Crippen LogP contribution in [-0.4, -0.2) is 61.4 Å². The van der Waals surface area contributed by atoms with Gasteiger partial charge < -0.3 is 9.64 Å². The molecule has 0 radical (unpaired) electrons. The molecule has 1 aliphatic rings. The van der Waals surface area contributed by atoms with Crippen LogP contribution in [0.3, 0.4) is 0 Å². The predicted octanol–water partition coefficient (Wildman–Crippen LogP) is 3.36. The summed E-state index contributed by atoms with van der Waals surface area (Å²) in [6.45, 7) is 11.1. The zero-order chi connectivity index (χ0) is 22.7. The van der Waals surface area contributed by atoms with Crippen molar-refractivity contribution >= 4 is 17.5 Å². The van der Waals surface area contributed by atoms with E-state index in [0.29, 0.717) is 23.8 Å². The molecule has 0 atom stereocenters. The fourth-order valence-corrected chi connectivity index (χ4v) is 4.07. The molecule has 0 aliphatic carbocycles. The van der Waals surface area contributed by atoms with Gasteiger partial charge in [0.05, 0.1) is 5.69 Å². The van der Waals surface area contributed by atoms with E-state index >= 15 is 0 Å². The highest BCUT2D eigenvalue weighted by Gasteiger charge is 2.24. The zero-order valence-corrected chi connectivity index (χ0v) is 19.5. The van der Waals surface area contributed by atoms with Gasteiger partial charge in [-0.2, -0.15) is 10.2 Å². The molecule has 2 aromatic heterocycles. The summed E-state index contributed by atoms with van der Waals surface area (Å²) in [6.07, 6.45) is 3.88. The fraction of sp³-hybridized carbons (Fsp3) is 0.435. The van der Waals surface area contributed by atoms with Gasteiger partial charge in [-0.1, -0.05) is 11.6 Å². The Labute approximate surface area is 193 Å². The van der Waals surface area contributed by atoms with E-state index in [1.54, 1.807) is 23.0 Å². The lowest BCUT2D eigenvalue weighted by Crippen LogP contribution is -2.48. The van der Waals surface area contributed by atoms with Crippen molar-refractivity contribution < 1.29 is 9.53 Å². The van der Waals surface area contributed by atoms with Crippen LogP contribution in [0.5, 0.6) is 5.75 Å². The van der Waals surface area contributed by atoms with Crippen LogP contribution in [0.25, 0.3) is 0 Å². The van der Waals surface area contributed by atoms with Gasteiger partial charge in [-0.25, -0.2) is 4.68 Å². The van der Waals surface area contributed by atoms with E-state index in [1.165, 1.54) is 5.56 Å². The molecule has 32 heavy (non-hydrogen) atoms. The van der Waals surface area contributed by atoms with Crippen LogP contribution >= 0.6 is 11.6 Å². The van der Waals surface area contributed by atoms with Gasteiger partial charge in [-0.3, -0.25) is 14.4 Å². The molecule has 3 heterocycles. The van der Waals surface area contributed by atoms with E-state index in [4.69, 9.17) is 16.3 Å². The monoisotopic (exact) mass is 456 g/mol. The highest BCUT2D eigenvalue weighted by Crippen LogP contribution is 2.22. The van der Waals surface area contributed by atoms with Gasteiger partial charge in [-0.15, -0.1) is 0 Å². The summed E-state index contributed by atoms with van der Waals surface area (Å²) in [5, 5.41) is 9.60. The van der Waals surface area contributed by atoms with Gasteiger partial charge >= 0.3 is 0 Å². The summed E-state index contributed by atoms with van der Waals surface area (Å²) >= 11 is 5.99. The fourth-order valence-electron chi connectivity index (χ4n) is 3.85. The Morgan fingerprint density at radius 3 is 2.56 bits per heavy atom. The van der Waals surface area contributed by atoms with Gasteiger partial charge in [0.25, 0.3) is 5.91 Å². The molecule has 0 saturated carbocycles. The summed E-state index contributed by atoms with van der Waals surface area (Å²) < 4.78 is 9.41. The van der Waals surface area contributed by atoms with Crippen LogP contribution in [0.15, 0.2) is 36.7 Å². The first-order valence-corrected chi connectivity index (χ1v) is 11.3. The molecule has 9 heteroatoms. The molecule has 1 saturated heterocycles. The molecule has 0 N–H and O–H groups in total. The first-order chi connectivity index (χ1) is 15.4. The Balaban J connectivity index is 1.29. The molecule has 170 valence electrons. The second kappa shape index (κ2) is 9.75.